The molecular weight excluding hydrogens is 262 g/mol. The third-order valence-electron chi connectivity index (χ3n) is 2.05. The van der Waals surface area contributed by atoms with E-state index in [-0.39, 0.29) is 12.4 Å². The summed E-state index contributed by atoms with van der Waals surface area (Å²) in [5, 5.41) is 19.5. The molecule has 1 rings (SSSR count). The van der Waals surface area contributed by atoms with Crippen LogP contribution in [0.25, 0.3) is 0 Å². The first-order valence-electron chi connectivity index (χ1n) is 4.86. The van der Waals surface area contributed by atoms with Crippen LogP contribution >= 0.6 is 11.6 Å². The van der Waals surface area contributed by atoms with Crippen molar-refractivity contribution in [3.63, 3.8) is 0 Å². The number of carbonyl (C=O) groups is 1. The van der Waals surface area contributed by atoms with Crippen LogP contribution in [0.1, 0.15) is 17.3 Å². The minimum absolute atomic E-state index is 0.181. The number of nitro groups is 1. The zero-order valence-electron chi connectivity index (χ0n) is 9.42. The van der Waals surface area contributed by atoms with Crippen molar-refractivity contribution in [3.8, 4) is 5.75 Å². The second kappa shape index (κ2) is 6.02. The maximum atomic E-state index is 10.9. The van der Waals surface area contributed by atoms with Crippen LogP contribution < -0.4 is 4.74 Å². The zero-order chi connectivity index (χ0) is 13.7. The number of aromatic carboxylic acids is 1. The molecule has 96 valence electrons. The van der Waals surface area contributed by atoms with Gasteiger partial charge >= 0.3 is 5.97 Å². The van der Waals surface area contributed by atoms with Gasteiger partial charge < -0.3 is 9.84 Å². The van der Waals surface area contributed by atoms with Crippen LogP contribution in [0.15, 0.2) is 29.3 Å². The summed E-state index contributed by atoms with van der Waals surface area (Å²) >= 11 is 5.44. The van der Waals surface area contributed by atoms with Crippen molar-refractivity contribution in [1.29, 1.82) is 0 Å². The van der Waals surface area contributed by atoms with Crippen LogP contribution in [-0.2, 0) is 0 Å². The van der Waals surface area contributed by atoms with Gasteiger partial charge in [-0.1, -0.05) is 11.6 Å². The van der Waals surface area contributed by atoms with Crippen molar-refractivity contribution in [2.45, 2.75) is 6.92 Å². The number of carboxylic acids is 1. The van der Waals surface area contributed by atoms with Gasteiger partial charge in [0, 0.05) is 17.7 Å². The van der Waals surface area contributed by atoms with Crippen LogP contribution in [0.5, 0.6) is 5.75 Å². The summed E-state index contributed by atoms with van der Waals surface area (Å²) in [6.45, 7) is 1.91. The molecule has 1 aromatic rings. The maximum absolute atomic E-state index is 10.9. The van der Waals surface area contributed by atoms with Gasteiger partial charge in [-0.2, -0.15) is 0 Å². The highest BCUT2D eigenvalue weighted by molar-refractivity contribution is 6.25. The first kappa shape index (κ1) is 14.0. The highest BCUT2D eigenvalue weighted by Gasteiger charge is 2.20. The molecule has 7 heteroatoms. The Morgan fingerprint density at radius 3 is 2.78 bits per heavy atom. The number of carboxylic acid groups (broad SMARTS) is 1. The zero-order valence-corrected chi connectivity index (χ0v) is 10.2. The molecular formula is C11H10ClNO5. The lowest BCUT2D eigenvalue weighted by Gasteiger charge is -2.06. The number of nitrogens with zero attached hydrogens (tertiary/aromatic N) is 1. The Kier molecular flexibility index (Phi) is 4.67. The van der Waals surface area contributed by atoms with E-state index in [1.54, 1.807) is 6.92 Å². The molecule has 0 aliphatic carbocycles. The third-order valence-corrected chi connectivity index (χ3v) is 2.42. The molecule has 0 bridgehead atoms. The van der Waals surface area contributed by atoms with Gasteiger partial charge in [0.2, 0.25) is 0 Å². The van der Waals surface area contributed by atoms with Crippen LogP contribution in [0, 0.1) is 10.1 Å². The van der Waals surface area contributed by atoms with E-state index in [4.69, 9.17) is 21.4 Å². The average molecular weight is 272 g/mol. The normalized spacial score (nSPS) is 11.1. The SMILES string of the molecule is C/C(=C/Cl)COc1ccc([N+](=O)[O-])c(C(=O)O)c1. The summed E-state index contributed by atoms with van der Waals surface area (Å²) in [6.07, 6.45) is 0. The summed E-state index contributed by atoms with van der Waals surface area (Å²) in [6, 6.07) is 3.55. The molecule has 0 spiro atoms. The van der Waals surface area contributed by atoms with Crippen molar-refractivity contribution in [3.05, 3.63) is 45.0 Å². The first-order valence-corrected chi connectivity index (χ1v) is 5.29. The molecule has 0 saturated carbocycles. The fraction of sp³-hybridized carbons (Fsp3) is 0.182. The Labute approximate surface area is 108 Å². The minimum Gasteiger partial charge on any atom is -0.489 e. The van der Waals surface area contributed by atoms with E-state index in [1.807, 2.05) is 0 Å². The fourth-order valence-electron chi connectivity index (χ4n) is 1.16. The lowest BCUT2D eigenvalue weighted by atomic mass is 10.1. The van der Waals surface area contributed by atoms with Crippen molar-refractivity contribution in [2.24, 2.45) is 0 Å². The fourth-order valence-corrected chi connectivity index (χ4v) is 1.23. The number of ether oxygens (including phenoxy) is 1. The van der Waals surface area contributed by atoms with E-state index in [9.17, 15) is 14.9 Å². The highest BCUT2D eigenvalue weighted by Crippen LogP contribution is 2.24. The molecule has 0 radical (unpaired) electrons. The Morgan fingerprint density at radius 2 is 2.28 bits per heavy atom. The lowest BCUT2D eigenvalue weighted by Crippen LogP contribution is -2.04. The highest BCUT2D eigenvalue weighted by atomic mass is 35.5. The first-order chi connectivity index (χ1) is 8.45. The molecule has 18 heavy (non-hydrogen) atoms. The number of hydrogen-bond acceptors (Lipinski definition) is 4. The molecule has 0 saturated heterocycles. The van der Waals surface area contributed by atoms with E-state index in [2.05, 4.69) is 0 Å². The summed E-state index contributed by atoms with van der Waals surface area (Å²) in [7, 11) is 0. The second-order valence-corrected chi connectivity index (χ2v) is 3.70. The quantitative estimate of drug-likeness (QED) is 0.657. The Hall–Kier alpha value is -2.08. The van der Waals surface area contributed by atoms with Gasteiger partial charge in [-0.15, -0.1) is 0 Å². The molecule has 1 aromatic carbocycles. The molecule has 6 nitrogen and oxygen atoms in total. The van der Waals surface area contributed by atoms with Gasteiger partial charge in [-0.05, 0) is 18.6 Å². The summed E-state index contributed by atoms with van der Waals surface area (Å²) in [5.41, 5.74) is 1.19. The summed E-state index contributed by atoms with van der Waals surface area (Å²) in [5.74, 6) is -1.15. The molecule has 0 aromatic heterocycles. The molecule has 0 heterocycles. The largest absolute Gasteiger partial charge is 0.489 e. The second-order valence-electron chi connectivity index (χ2n) is 3.49. The third kappa shape index (κ3) is 3.46. The van der Waals surface area contributed by atoms with Crippen LogP contribution in [0.3, 0.4) is 0 Å². The van der Waals surface area contributed by atoms with Gasteiger partial charge in [0.15, 0.2) is 0 Å². The minimum atomic E-state index is -1.38. The number of benzene rings is 1. The number of rotatable bonds is 5. The van der Waals surface area contributed by atoms with Gasteiger partial charge in [0.25, 0.3) is 5.69 Å². The molecule has 0 amide bonds. The number of halogens is 1. The van der Waals surface area contributed by atoms with Gasteiger partial charge in [-0.3, -0.25) is 10.1 Å². The van der Waals surface area contributed by atoms with Crippen LogP contribution in [0.4, 0.5) is 5.69 Å². The van der Waals surface area contributed by atoms with E-state index in [0.29, 0.717) is 0 Å². The molecule has 0 fully saturated rings. The Morgan fingerprint density at radius 1 is 1.61 bits per heavy atom. The molecule has 0 unspecified atom stereocenters. The summed E-state index contributed by atoms with van der Waals surface area (Å²) in [4.78, 5) is 20.8. The van der Waals surface area contributed by atoms with Gasteiger partial charge in [-0.25, -0.2) is 4.79 Å². The molecule has 1 N–H and O–H groups in total. The topological polar surface area (TPSA) is 89.7 Å². The Bertz CT molecular complexity index is 512. The van der Waals surface area contributed by atoms with Crippen molar-refractivity contribution < 1.29 is 19.6 Å². The average Bonchev–Trinajstić information content (AvgIpc) is 2.35. The molecule has 0 aliphatic heterocycles. The van der Waals surface area contributed by atoms with E-state index in [1.165, 1.54) is 11.6 Å². The Balaban J connectivity index is 3.00. The maximum Gasteiger partial charge on any atom is 0.342 e. The van der Waals surface area contributed by atoms with Crippen LogP contribution in [0.2, 0.25) is 0 Å². The monoisotopic (exact) mass is 271 g/mol. The smallest absolute Gasteiger partial charge is 0.342 e. The van der Waals surface area contributed by atoms with Crippen molar-refractivity contribution in [1.82, 2.24) is 0 Å². The predicted octanol–water partition coefficient (Wildman–Crippen LogP) is 2.81. The lowest BCUT2D eigenvalue weighted by molar-refractivity contribution is -0.385. The molecule has 0 aliphatic rings. The standard InChI is InChI=1S/C11H10ClNO5/c1-7(5-12)6-18-8-2-3-10(13(16)17)9(4-8)11(14)15/h2-5H,6H2,1H3,(H,14,15)/b7-5-. The van der Waals surface area contributed by atoms with Gasteiger partial charge in [0.05, 0.1) is 4.92 Å². The molecule has 0 atom stereocenters. The van der Waals surface area contributed by atoms with E-state index in [0.717, 1.165) is 17.7 Å². The summed E-state index contributed by atoms with van der Waals surface area (Å²) < 4.78 is 5.25. The predicted molar refractivity (Wildman–Crippen MR) is 65.2 cm³/mol. The van der Waals surface area contributed by atoms with Crippen molar-refractivity contribution >= 4 is 23.3 Å². The van der Waals surface area contributed by atoms with Gasteiger partial charge in [0.1, 0.15) is 17.9 Å². The van der Waals surface area contributed by atoms with Crippen molar-refractivity contribution in [2.75, 3.05) is 6.61 Å². The van der Waals surface area contributed by atoms with Crippen LogP contribution in [-0.4, -0.2) is 22.6 Å². The van der Waals surface area contributed by atoms with E-state index >= 15 is 0 Å². The number of hydrogen-bond donors (Lipinski definition) is 1. The number of nitro benzene ring substituents is 1. The van der Waals surface area contributed by atoms with E-state index < -0.39 is 22.1 Å².